The van der Waals surface area contributed by atoms with Crippen molar-refractivity contribution in [1.82, 2.24) is 9.88 Å². The number of hydrogen-bond acceptors (Lipinski definition) is 3. The third-order valence-corrected chi connectivity index (χ3v) is 4.26. The summed E-state index contributed by atoms with van der Waals surface area (Å²) in [5.41, 5.74) is 1.40. The molecule has 0 unspecified atom stereocenters. The summed E-state index contributed by atoms with van der Waals surface area (Å²) in [7, 11) is 0. The second-order valence-electron chi connectivity index (χ2n) is 5.94. The third kappa shape index (κ3) is 3.27. The maximum Gasteiger partial charge on any atom is 0.126 e. The van der Waals surface area contributed by atoms with E-state index in [0.29, 0.717) is 12.1 Å². The van der Waals surface area contributed by atoms with Crippen LogP contribution in [-0.2, 0) is 0 Å². The van der Waals surface area contributed by atoms with Crippen molar-refractivity contribution in [3.8, 4) is 0 Å². The SMILES string of the molecule is CCCCN1CCC[C@H]1c1ccc(NC2CC2)nc1. The quantitative estimate of drug-likeness (QED) is 0.846. The number of likely N-dealkylation sites (tertiary alicyclic amines) is 1. The lowest BCUT2D eigenvalue weighted by Crippen LogP contribution is -2.24. The van der Waals surface area contributed by atoms with E-state index in [2.05, 4.69) is 40.5 Å². The molecule has 1 saturated heterocycles. The van der Waals surface area contributed by atoms with Gasteiger partial charge in [-0.1, -0.05) is 19.4 Å². The minimum Gasteiger partial charge on any atom is -0.367 e. The van der Waals surface area contributed by atoms with Gasteiger partial charge in [0.05, 0.1) is 0 Å². The number of aromatic nitrogens is 1. The van der Waals surface area contributed by atoms with E-state index in [1.807, 2.05) is 0 Å². The van der Waals surface area contributed by atoms with Crippen molar-refractivity contribution in [1.29, 1.82) is 0 Å². The highest BCUT2D eigenvalue weighted by Crippen LogP contribution is 2.32. The minimum atomic E-state index is 0.606. The minimum absolute atomic E-state index is 0.606. The number of pyridine rings is 1. The van der Waals surface area contributed by atoms with Crippen LogP contribution >= 0.6 is 0 Å². The molecule has 1 aliphatic carbocycles. The summed E-state index contributed by atoms with van der Waals surface area (Å²) in [5.74, 6) is 1.05. The second kappa shape index (κ2) is 5.91. The first-order chi connectivity index (χ1) is 9.36. The molecule has 1 aliphatic heterocycles. The van der Waals surface area contributed by atoms with Crippen LogP contribution in [0.2, 0.25) is 0 Å². The van der Waals surface area contributed by atoms with E-state index in [4.69, 9.17) is 0 Å². The smallest absolute Gasteiger partial charge is 0.126 e. The number of nitrogens with zero attached hydrogens (tertiary/aromatic N) is 2. The molecular formula is C16H25N3. The Hall–Kier alpha value is -1.09. The van der Waals surface area contributed by atoms with Gasteiger partial charge in [0.15, 0.2) is 0 Å². The van der Waals surface area contributed by atoms with E-state index < -0.39 is 0 Å². The first-order valence-electron chi connectivity index (χ1n) is 7.83. The van der Waals surface area contributed by atoms with Gasteiger partial charge >= 0.3 is 0 Å². The number of hydrogen-bond donors (Lipinski definition) is 1. The molecular weight excluding hydrogens is 234 g/mol. The standard InChI is InChI=1S/C16H25N3/c1-2-3-10-19-11-4-5-15(19)13-6-9-16(17-12-13)18-14-7-8-14/h6,9,12,14-15H,2-5,7-8,10-11H2,1H3,(H,17,18)/t15-/m0/s1. The van der Waals surface area contributed by atoms with Crippen molar-refractivity contribution in [3.63, 3.8) is 0 Å². The highest BCUT2D eigenvalue weighted by atomic mass is 15.2. The van der Waals surface area contributed by atoms with E-state index in [-0.39, 0.29) is 0 Å². The molecule has 2 fully saturated rings. The molecule has 1 aromatic heterocycles. The maximum absolute atomic E-state index is 4.58. The first-order valence-corrected chi connectivity index (χ1v) is 7.83. The van der Waals surface area contributed by atoms with Crippen molar-refractivity contribution >= 4 is 5.82 Å². The lowest BCUT2D eigenvalue weighted by atomic mass is 10.1. The van der Waals surface area contributed by atoms with E-state index in [1.165, 1.54) is 57.2 Å². The Labute approximate surface area is 116 Å². The molecule has 0 aromatic carbocycles. The van der Waals surface area contributed by atoms with Gasteiger partial charge in [-0.25, -0.2) is 4.98 Å². The normalized spacial score (nSPS) is 23.7. The van der Waals surface area contributed by atoms with Crippen molar-refractivity contribution in [2.45, 2.75) is 57.5 Å². The van der Waals surface area contributed by atoms with E-state index in [1.54, 1.807) is 0 Å². The molecule has 1 aromatic rings. The summed E-state index contributed by atoms with van der Waals surface area (Å²) in [4.78, 5) is 7.21. The largest absolute Gasteiger partial charge is 0.367 e. The van der Waals surface area contributed by atoms with Gasteiger partial charge in [0.2, 0.25) is 0 Å². The van der Waals surface area contributed by atoms with Crippen LogP contribution in [0.15, 0.2) is 18.3 Å². The Kier molecular flexibility index (Phi) is 4.02. The van der Waals surface area contributed by atoms with Gasteiger partial charge in [-0.3, -0.25) is 4.90 Å². The van der Waals surface area contributed by atoms with Crippen LogP contribution in [0.1, 0.15) is 57.1 Å². The van der Waals surface area contributed by atoms with Gasteiger partial charge < -0.3 is 5.32 Å². The average Bonchev–Trinajstić information content (AvgIpc) is 3.13. The fourth-order valence-corrected chi connectivity index (χ4v) is 2.96. The van der Waals surface area contributed by atoms with Crippen LogP contribution in [0.5, 0.6) is 0 Å². The molecule has 0 radical (unpaired) electrons. The number of rotatable bonds is 6. The molecule has 3 heteroatoms. The maximum atomic E-state index is 4.58. The van der Waals surface area contributed by atoms with Crippen molar-refractivity contribution in [2.24, 2.45) is 0 Å². The number of unbranched alkanes of at least 4 members (excludes halogenated alkanes) is 1. The van der Waals surface area contributed by atoms with Crippen LogP contribution in [0.25, 0.3) is 0 Å². The first kappa shape index (κ1) is 12.9. The Balaban J connectivity index is 1.63. The van der Waals surface area contributed by atoms with Crippen molar-refractivity contribution < 1.29 is 0 Å². The van der Waals surface area contributed by atoms with E-state index >= 15 is 0 Å². The predicted molar refractivity (Wildman–Crippen MR) is 79.3 cm³/mol. The summed E-state index contributed by atoms with van der Waals surface area (Å²) >= 11 is 0. The Morgan fingerprint density at radius 2 is 2.21 bits per heavy atom. The molecule has 0 bridgehead atoms. The van der Waals surface area contributed by atoms with E-state index in [0.717, 1.165) is 5.82 Å². The summed E-state index contributed by atoms with van der Waals surface area (Å²) in [6.07, 6.45) is 9.90. The Morgan fingerprint density at radius 1 is 1.32 bits per heavy atom. The van der Waals surface area contributed by atoms with Gasteiger partial charge in [0.1, 0.15) is 5.82 Å². The molecule has 104 valence electrons. The molecule has 3 nitrogen and oxygen atoms in total. The van der Waals surface area contributed by atoms with Crippen LogP contribution < -0.4 is 5.32 Å². The zero-order valence-corrected chi connectivity index (χ0v) is 11.9. The number of anilines is 1. The summed E-state index contributed by atoms with van der Waals surface area (Å²) in [5, 5.41) is 3.45. The molecule has 2 heterocycles. The van der Waals surface area contributed by atoms with Crippen LogP contribution in [0.4, 0.5) is 5.82 Å². The molecule has 1 atom stereocenters. The van der Waals surface area contributed by atoms with Crippen molar-refractivity contribution in [3.05, 3.63) is 23.9 Å². The monoisotopic (exact) mass is 259 g/mol. The number of nitrogens with one attached hydrogen (secondary N) is 1. The molecule has 0 spiro atoms. The average molecular weight is 259 g/mol. The summed E-state index contributed by atoms with van der Waals surface area (Å²) in [6, 6.07) is 5.72. The highest BCUT2D eigenvalue weighted by Gasteiger charge is 2.26. The molecule has 1 saturated carbocycles. The highest BCUT2D eigenvalue weighted by molar-refractivity contribution is 5.38. The molecule has 2 aliphatic rings. The van der Waals surface area contributed by atoms with Crippen molar-refractivity contribution in [2.75, 3.05) is 18.4 Å². The molecule has 3 rings (SSSR count). The third-order valence-electron chi connectivity index (χ3n) is 4.26. The van der Waals surface area contributed by atoms with Gasteiger partial charge in [-0.2, -0.15) is 0 Å². The van der Waals surface area contributed by atoms with Gasteiger partial charge in [0, 0.05) is 18.3 Å². The second-order valence-corrected chi connectivity index (χ2v) is 5.94. The molecule has 19 heavy (non-hydrogen) atoms. The predicted octanol–water partition coefficient (Wildman–Crippen LogP) is 3.59. The Morgan fingerprint density at radius 3 is 2.89 bits per heavy atom. The van der Waals surface area contributed by atoms with Crippen LogP contribution in [0.3, 0.4) is 0 Å². The fraction of sp³-hybridized carbons (Fsp3) is 0.688. The topological polar surface area (TPSA) is 28.2 Å². The lowest BCUT2D eigenvalue weighted by molar-refractivity contribution is 0.253. The molecule has 0 amide bonds. The van der Waals surface area contributed by atoms with E-state index in [9.17, 15) is 0 Å². The van der Waals surface area contributed by atoms with Crippen LogP contribution in [0, 0.1) is 0 Å². The van der Waals surface area contributed by atoms with Gasteiger partial charge in [-0.15, -0.1) is 0 Å². The Bertz CT molecular complexity index is 397. The summed E-state index contributed by atoms with van der Waals surface area (Å²) in [6.45, 7) is 4.76. The zero-order valence-electron chi connectivity index (χ0n) is 11.9. The summed E-state index contributed by atoms with van der Waals surface area (Å²) < 4.78 is 0. The van der Waals surface area contributed by atoms with Crippen LogP contribution in [-0.4, -0.2) is 29.0 Å². The molecule has 1 N–H and O–H groups in total. The van der Waals surface area contributed by atoms with Gasteiger partial charge in [-0.05, 0) is 56.8 Å². The fourth-order valence-electron chi connectivity index (χ4n) is 2.96. The zero-order chi connectivity index (χ0) is 13.1. The lowest BCUT2D eigenvalue weighted by Gasteiger charge is -2.24. The van der Waals surface area contributed by atoms with Gasteiger partial charge in [0.25, 0.3) is 0 Å².